The fraction of sp³-hybridized carbons (Fsp3) is 0.263. The van der Waals surface area contributed by atoms with Gasteiger partial charge in [-0.15, -0.1) is 11.3 Å². The summed E-state index contributed by atoms with van der Waals surface area (Å²) in [6.45, 7) is 3.44. The zero-order valence-corrected chi connectivity index (χ0v) is 15.0. The Morgan fingerprint density at radius 3 is 2.76 bits per heavy atom. The van der Waals surface area contributed by atoms with E-state index in [0.717, 1.165) is 37.6 Å². The first-order chi connectivity index (χ1) is 12.3. The van der Waals surface area contributed by atoms with Gasteiger partial charge in [-0.2, -0.15) is 5.26 Å². The summed E-state index contributed by atoms with van der Waals surface area (Å²) < 4.78 is 2.04. The van der Waals surface area contributed by atoms with E-state index in [1.165, 1.54) is 4.88 Å². The summed E-state index contributed by atoms with van der Waals surface area (Å²) in [7, 11) is 2.01. The van der Waals surface area contributed by atoms with Gasteiger partial charge < -0.3 is 14.8 Å². The quantitative estimate of drug-likeness (QED) is 0.634. The van der Waals surface area contributed by atoms with E-state index in [4.69, 9.17) is 5.26 Å². The number of benzene rings is 1. The number of imidazole rings is 1. The van der Waals surface area contributed by atoms with Gasteiger partial charge in [0, 0.05) is 43.4 Å². The monoisotopic (exact) mass is 351 g/mol. The summed E-state index contributed by atoms with van der Waals surface area (Å²) in [6.07, 6.45) is 3.72. The molecule has 0 spiro atoms. The maximum atomic E-state index is 8.99. The van der Waals surface area contributed by atoms with Crippen LogP contribution in [0.15, 0.2) is 54.3 Å². The maximum absolute atomic E-state index is 8.99. The van der Waals surface area contributed by atoms with Crippen LogP contribution in [0.2, 0.25) is 0 Å². The van der Waals surface area contributed by atoms with E-state index in [1.54, 1.807) is 11.3 Å². The van der Waals surface area contributed by atoms with Gasteiger partial charge in [0.2, 0.25) is 0 Å². The molecular weight excluding hydrogens is 330 g/mol. The smallest absolute Gasteiger partial charge is 0.0991 e. The summed E-state index contributed by atoms with van der Waals surface area (Å²) in [6, 6.07) is 14.1. The second-order valence-electron chi connectivity index (χ2n) is 5.83. The minimum absolute atomic E-state index is 0.681. The van der Waals surface area contributed by atoms with Crippen molar-refractivity contribution in [2.75, 3.05) is 18.0 Å². The molecule has 1 N–H and O–H groups in total. The third-order valence-corrected chi connectivity index (χ3v) is 4.95. The minimum atomic E-state index is 0.681. The van der Waals surface area contributed by atoms with Crippen LogP contribution in [-0.4, -0.2) is 22.6 Å². The lowest BCUT2D eigenvalue weighted by molar-refractivity contribution is 0.651. The molecule has 0 unspecified atom stereocenters. The zero-order valence-electron chi connectivity index (χ0n) is 14.2. The van der Waals surface area contributed by atoms with Crippen LogP contribution in [0.1, 0.15) is 16.1 Å². The van der Waals surface area contributed by atoms with E-state index in [0.29, 0.717) is 5.56 Å². The van der Waals surface area contributed by atoms with E-state index >= 15 is 0 Å². The maximum Gasteiger partial charge on any atom is 0.0991 e. The minimum Gasteiger partial charge on any atom is -0.364 e. The number of rotatable bonds is 8. The molecule has 1 aromatic carbocycles. The molecule has 128 valence electrons. The molecule has 0 saturated carbocycles. The molecule has 2 aromatic heterocycles. The van der Waals surface area contributed by atoms with E-state index in [-0.39, 0.29) is 0 Å². The Hall–Kier alpha value is -2.62. The Balaban J connectivity index is 1.65. The molecule has 2 heterocycles. The van der Waals surface area contributed by atoms with Crippen molar-refractivity contribution in [2.24, 2.45) is 7.05 Å². The average Bonchev–Trinajstić information content (AvgIpc) is 3.30. The molecule has 0 aliphatic rings. The topological polar surface area (TPSA) is 56.9 Å². The average molecular weight is 351 g/mol. The third kappa shape index (κ3) is 4.69. The highest BCUT2D eigenvalue weighted by Gasteiger charge is 2.10. The van der Waals surface area contributed by atoms with Gasteiger partial charge >= 0.3 is 0 Å². The zero-order chi connectivity index (χ0) is 17.5. The second-order valence-corrected chi connectivity index (χ2v) is 6.86. The van der Waals surface area contributed by atoms with Crippen molar-refractivity contribution >= 4 is 17.0 Å². The van der Waals surface area contributed by atoms with E-state index in [9.17, 15) is 0 Å². The van der Waals surface area contributed by atoms with Gasteiger partial charge in [-0.05, 0) is 35.7 Å². The van der Waals surface area contributed by atoms with Crippen molar-refractivity contribution in [3.8, 4) is 6.07 Å². The van der Waals surface area contributed by atoms with Gasteiger partial charge in [0.15, 0.2) is 0 Å². The number of aromatic nitrogens is 2. The van der Waals surface area contributed by atoms with Gasteiger partial charge in [-0.3, -0.25) is 0 Å². The van der Waals surface area contributed by atoms with Crippen molar-refractivity contribution < 1.29 is 0 Å². The molecule has 3 rings (SSSR count). The van der Waals surface area contributed by atoms with Crippen molar-refractivity contribution in [1.29, 1.82) is 5.26 Å². The van der Waals surface area contributed by atoms with Gasteiger partial charge in [-0.25, -0.2) is 4.98 Å². The summed E-state index contributed by atoms with van der Waals surface area (Å²) in [5.41, 5.74) is 2.95. The molecule has 0 atom stereocenters. The molecule has 0 aliphatic carbocycles. The van der Waals surface area contributed by atoms with Crippen molar-refractivity contribution in [3.63, 3.8) is 0 Å². The van der Waals surface area contributed by atoms with Crippen molar-refractivity contribution in [1.82, 2.24) is 14.9 Å². The van der Waals surface area contributed by atoms with Crippen LogP contribution in [0.3, 0.4) is 0 Å². The number of anilines is 1. The lowest BCUT2D eigenvalue weighted by Gasteiger charge is -2.25. The fourth-order valence-electron chi connectivity index (χ4n) is 2.62. The van der Waals surface area contributed by atoms with E-state index in [1.807, 2.05) is 48.4 Å². The van der Waals surface area contributed by atoms with Crippen LogP contribution in [0.4, 0.5) is 5.69 Å². The third-order valence-electron chi connectivity index (χ3n) is 4.07. The highest BCUT2D eigenvalue weighted by molar-refractivity contribution is 7.09. The SMILES string of the molecule is Cn1cncc1CN(CCNCc1cccs1)c1ccc(C#N)cc1. The molecule has 25 heavy (non-hydrogen) atoms. The van der Waals surface area contributed by atoms with Gasteiger partial charge in [0.1, 0.15) is 0 Å². The Morgan fingerprint density at radius 1 is 1.28 bits per heavy atom. The molecule has 5 nitrogen and oxygen atoms in total. The predicted molar refractivity (Wildman–Crippen MR) is 101 cm³/mol. The summed E-state index contributed by atoms with van der Waals surface area (Å²) in [4.78, 5) is 7.85. The van der Waals surface area contributed by atoms with Crippen LogP contribution in [0.25, 0.3) is 0 Å². The normalized spacial score (nSPS) is 10.6. The number of aryl methyl sites for hydroxylation is 1. The number of nitrogens with one attached hydrogen (secondary N) is 1. The Labute approximate surface area is 152 Å². The fourth-order valence-corrected chi connectivity index (χ4v) is 3.29. The standard InChI is InChI=1S/C19H21N5S/c1-23-15-22-12-18(23)14-24(17-6-4-16(11-20)5-7-17)9-8-21-13-19-3-2-10-25-19/h2-7,10,12,15,21H,8-9,13-14H2,1H3. The first-order valence-electron chi connectivity index (χ1n) is 8.19. The second kappa shape index (κ2) is 8.47. The number of nitriles is 1. The summed E-state index contributed by atoms with van der Waals surface area (Å²) in [5.74, 6) is 0. The van der Waals surface area contributed by atoms with E-state index in [2.05, 4.69) is 38.8 Å². The van der Waals surface area contributed by atoms with Gasteiger partial charge in [0.25, 0.3) is 0 Å². The largest absolute Gasteiger partial charge is 0.364 e. The molecule has 0 aliphatic heterocycles. The van der Waals surface area contributed by atoms with Crippen molar-refractivity contribution in [2.45, 2.75) is 13.1 Å². The van der Waals surface area contributed by atoms with Crippen LogP contribution in [0, 0.1) is 11.3 Å². The lowest BCUT2D eigenvalue weighted by atomic mass is 10.2. The highest BCUT2D eigenvalue weighted by Crippen LogP contribution is 2.17. The first-order valence-corrected chi connectivity index (χ1v) is 9.07. The molecular formula is C19H21N5S. The molecule has 0 saturated heterocycles. The first kappa shape index (κ1) is 17.2. The molecule has 0 amide bonds. The molecule has 0 bridgehead atoms. The summed E-state index contributed by atoms with van der Waals surface area (Å²) >= 11 is 1.77. The van der Waals surface area contributed by atoms with Crippen LogP contribution >= 0.6 is 11.3 Å². The van der Waals surface area contributed by atoms with Crippen LogP contribution < -0.4 is 10.2 Å². The molecule has 6 heteroatoms. The molecule has 0 fully saturated rings. The number of hydrogen-bond donors (Lipinski definition) is 1. The Bertz CT molecular complexity index is 814. The number of thiophene rings is 1. The number of nitrogens with zero attached hydrogens (tertiary/aromatic N) is 4. The van der Waals surface area contributed by atoms with Crippen LogP contribution in [-0.2, 0) is 20.1 Å². The van der Waals surface area contributed by atoms with E-state index < -0.39 is 0 Å². The predicted octanol–water partition coefficient (Wildman–Crippen LogP) is 3.15. The number of hydrogen-bond acceptors (Lipinski definition) is 5. The van der Waals surface area contributed by atoms with Gasteiger partial charge in [-0.1, -0.05) is 6.07 Å². The highest BCUT2D eigenvalue weighted by atomic mass is 32.1. The Kier molecular flexibility index (Phi) is 5.83. The molecule has 3 aromatic rings. The Morgan fingerprint density at radius 2 is 2.12 bits per heavy atom. The van der Waals surface area contributed by atoms with Crippen LogP contribution in [0.5, 0.6) is 0 Å². The lowest BCUT2D eigenvalue weighted by Crippen LogP contribution is -2.32. The van der Waals surface area contributed by atoms with Gasteiger partial charge in [0.05, 0.1) is 30.2 Å². The summed E-state index contributed by atoms with van der Waals surface area (Å²) in [5, 5.41) is 14.6. The van der Waals surface area contributed by atoms with Crippen molar-refractivity contribution in [3.05, 3.63) is 70.4 Å². The molecule has 0 radical (unpaired) electrons.